The molecule has 0 spiro atoms. The second-order valence-electron chi connectivity index (χ2n) is 26.9. The highest BCUT2D eigenvalue weighted by atomic mass is 16.5. The SMILES string of the molecule is CC[C@H]1[C@@H](O)[C@H]2C3CC[C@H]([C@H](C)CC=C(c4ccccc4)c4ccccc4)[C@@]3(C)CCC2[C@@]2(C)CC[C@@H](O)C[C@@H]12.CC[C@H]1[C@@H](O)[C@H]2C3CC[C@H]([C@H](C)CCC(=O)OC)[C@@]3(C)CCC2[C@@]2(C)CC[C@@H](O)C[C@@H]12. The van der Waals surface area contributed by atoms with E-state index >= 15 is 0 Å². The maximum Gasteiger partial charge on any atom is 0.305 e. The maximum absolute atomic E-state index is 12.0. The minimum atomic E-state index is -0.230. The van der Waals surface area contributed by atoms with Crippen molar-refractivity contribution >= 4 is 11.5 Å². The Morgan fingerprint density at radius 2 is 0.986 bits per heavy atom. The molecule has 8 aliphatic rings. The lowest BCUT2D eigenvalue weighted by molar-refractivity contribution is -0.203. The first-order valence-electron chi connectivity index (χ1n) is 29.5. The van der Waals surface area contributed by atoms with Crippen molar-refractivity contribution in [2.45, 2.75) is 202 Å². The van der Waals surface area contributed by atoms with Gasteiger partial charge in [-0.3, -0.25) is 4.79 Å². The van der Waals surface area contributed by atoms with Crippen molar-refractivity contribution in [2.24, 2.45) is 105 Å². The Balaban J connectivity index is 0.000000182. The summed E-state index contributed by atoms with van der Waals surface area (Å²) in [5.41, 5.74) is 5.07. The zero-order valence-corrected chi connectivity index (χ0v) is 45.8. The minimum Gasteiger partial charge on any atom is -0.469 e. The van der Waals surface area contributed by atoms with Gasteiger partial charge in [0, 0.05) is 6.42 Å². The van der Waals surface area contributed by atoms with Crippen LogP contribution in [-0.4, -0.2) is 57.9 Å². The highest BCUT2D eigenvalue weighted by molar-refractivity contribution is 5.79. The Hall–Kier alpha value is -2.51. The summed E-state index contributed by atoms with van der Waals surface area (Å²) in [6, 6.07) is 21.8. The average molecular weight is 975 g/mol. The van der Waals surface area contributed by atoms with E-state index < -0.39 is 0 Å². The van der Waals surface area contributed by atoms with Gasteiger partial charge >= 0.3 is 5.97 Å². The number of carbonyl (C=O) groups is 1. The highest BCUT2D eigenvalue weighted by Gasteiger charge is 2.67. The summed E-state index contributed by atoms with van der Waals surface area (Å²) in [6.07, 6.45) is 22.2. The average Bonchev–Trinajstić information content (AvgIpc) is 3.92. The number of allylic oxidation sites excluding steroid dienone is 1. The lowest BCUT2D eigenvalue weighted by Crippen LogP contribution is -2.62. The Labute approximate surface area is 431 Å². The van der Waals surface area contributed by atoms with Crippen molar-refractivity contribution in [3.63, 3.8) is 0 Å². The zero-order valence-electron chi connectivity index (χ0n) is 45.8. The number of ether oxygens (including phenoxy) is 1. The Morgan fingerprint density at radius 3 is 1.41 bits per heavy atom. The van der Waals surface area contributed by atoms with Gasteiger partial charge in [0.2, 0.25) is 0 Å². The lowest BCUT2D eigenvalue weighted by atomic mass is 9.41. The van der Waals surface area contributed by atoms with Gasteiger partial charge in [0.1, 0.15) is 0 Å². The molecule has 4 N–H and O–H groups in total. The molecule has 0 saturated heterocycles. The number of rotatable bonds is 11. The molecule has 2 aromatic rings. The van der Waals surface area contributed by atoms with E-state index in [1.54, 1.807) is 0 Å². The van der Waals surface area contributed by atoms with Crippen molar-refractivity contribution in [3.8, 4) is 0 Å². The van der Waals surface area contributed by atoms with E-state index in [4.69, 9.17) is 4.74 Å². The van der Waals surface area contributed by atoms with Gasteiger partial charge in [-0.05, 0) is 224 Å². The molecule has 8 aliphatic carbocycles. The van der Waals surface area contributed by atoms with E-state index in [2.05, 4.69) is 122 Å². The monoisotopic (exact) mass is 975 g/mol. The number of hydrogen-bond donors (Lipinski definition) is 4. The molecule has 0 amide bonds. The van der Waals surface area contributed by atoms with Crippen LogP contribution >= 0.6 is 0 Å². The van der Waals surface area contributed by atoms with E-state index in [1.807, 2.05) is 0 Å². The topological polar surface area (TPSA) is 107 Å². The fraction of sp³-hybridized carbons (Fsp3) is 0.769. The van der Waals surface area contributed by atoms with Gasteiger partial charge in [-0.15, -0.1) is 0 Å². The van der Waals surface area contributed by atoms with Crippen molar-refractivity contribution in [1.82, 2.24) is 0 Å². The van der Waals surface area contributed by atoms with Gasteiger partial charge in [-0.2, -0.15) is 0 Å². The fourth-order valence-corrected chi connectivity index (χ4v) is 20.6. The van der Waals surface area contributed by atoms with E-state index in [9.17, 15) is 25.2 Å². The summed E-state index contributed by atoms with van der Waals surface area (Å²) in [6.45, 7) is 19.5. The van der Waals surface area contributed by atoms with Gasteiger partial charge in [-0.25, -0.2) is 0 Å². The molecular formula is C65H98O6. The minimum absolute atomic E-state index is 0.0952. The van der Waals surface area contributed by atoms with E-state index in [1.165, 1.54) is 75.2 Å². The number of fused-ring (bicyclic) bond motifs is 10. The summed E-state index contributed by atoms with van der Waals surface area (Å²) in [5.74, 6) is 7.19. The first-order valence-corrected chi connectivity index (χ1v) is 29.5. The predicted molar refractivity (Wildman–Crippen MR) is 288 cm³/mol. The standard InChI is InChI=1S/C38H52O2.C27H46O4/c1-5-29-34-24-28(39)20-22-38(34,4)33-21-23-37(3)31(18-19-32(37)35(33)36(29)40)25(2)16-17-30(26-12-8-6-9-13-26)27-14-10-7-11-15-27;1-6-18-22-15-17(28)11-13-27(22,4)21-12-14-26(3)19(16(2)7-10-23(29)31-5)8-9-20(26)24(21)25(18)30/h6-15,17,25,28-29,31-36,39-40H,5,16,18-24H2,1-4H3;16-22,24-25,28,30H,6-15H2,1-5H3/t25-,28-,29-,31-,32?,33?,34+,35+,36-,37-,38-;16-,17-,18-,19-,20?,21?,22+,24+,25-,26-,27-/m11/s1. The summed E-state index contributed by atoms with van der Waals surface area (Å²) in [4.78, 5) is 11.7. The van der Waals surface area contributed by atoms with Gasteiger partial charge in [0.05, 0.1) is 31.5 Å². The molecule has 0 heterocycles. The number of aliphatic hydroxyl groups is 4. The number of esters is 1. The maximum atomic E-state index is 12.0. The third kappa shape index (κ3) is 9.40. The Bertz CT molecular complexity index is 2080. The van der Waals surface area contributed by atoms with Crippen LogP contribution in [0.25, 0.3) is 5.57 Å². The van der Waals surface area contributed by atoms with Crippen LogP contribution in [0.15, 0.2) is 66.7 Å². The second kappa shape index (κ2) is 21.3. The van der Waals surface area contributed by atoms with Crippen LogP contribution in [0.5, 0.6) is 0 Å². The van der Waals surface area contributed by atoms with Crippen LogP contribution in [0, 0.1) is 105 Å². The summed E-state index contributed by atoms with van der Waals surface area (Å²) in [5, 5.41) is 44.8. The van der Waals surface area contributed by atoms with Crippen molar-refractivity contribution in [3.05, 3.63) is 77.9 Å². The zero-order chi connectivity index (χ0) is 50.6. The number of methoxy groups -OCH3 is 1. The fourth-order valence-electron chi connectivity index (χ4n) is 20.6. The quantitative estimate of drug-likeness (QED) is 0.167. The molecule has 4 unspecified atom stereocenters. The summed E-state index contributed by atoms with van der Waals surface area (Å²) >= 11 is 0. The summed E-state index contributed by atoms with van der Waals surface area (Å²) in [7, 11) is 1.48. The van der Waals surface area contributed by atoms with Crippen LogP contribution in [0.2, 0.25) is 0 Å². The number of aliphatic hydroxyl groups excluding tert-OH is 4. The highest BCUT2D eigenvalue weighted by Crippen LogP contribution is 2.71. The molecule has 6 heteroatoms. The van der Waals surface area contributed by atoms with Crippen LogP contribution in [-0.2, 0) is 9.53 Å². The predicted octanol–water partition coefficient (Wildman–Crippen LogP) is 14.0. The van der Waals surface area contributed by atoms with Gasteiger partial charge < -0.3 is 25.2 Å². The molecule has 0 radical (unpaired) electrons. The third-order valence-corrected chi connectivity index (χ3v) is 24.2. The molecule has 8 fully saturated rings. The molecule has 8 saturated carbocycles. The summed E-state index contributed by atoms with van der Waals surface area (Å²) < 4.78 is 4.88. The van der Waals surface area contributed by atoms with Crippen LogP contribution in [0.1, 0.15) is 189 Å². The lowest BCUT2D eigenvalue weighted by Gasteiger charge is -2.64. The van der Waals surface area contributed by atoms with Crippen LogP contribution < -0.4 is 0 Å². The van der Waals surface area contributed by atoms with Crippen molar-refractivity contribution < 1.29 is 30.0 Å². The van der Waals surface area contributed by atoms with Gasteiger partial charge in [-0.1, -0.05) is 135 Å². The number of hydrogen-bond acceptors (Lipinski definition) is 6. The smallest absolute Gasteiger partial charge is 0.305 e. The molecule has 0 aromatic heterocycles. The Morgan fingerprint density at radius 1 is 0.577 bits per heavy atom. The molecule has 71 heavy (non-hydrogen) atoms. The van der Waals surface area contributed by atoms with Crippen molar-refractivity contribution in [2.75, 3.05) is 7.11 Å². The molecule has 0 bridgehead atoms. The van der Waals surface area contributed by atoms with Crippen LogP contribution in [0.3, 0.4) is 0 Å². The molecule has 394 valence electrons. The first kappa shape index (κ1) is 53.3. The first-order chi connectivity index (χ1) is 33.9. The number of benzene rings is 2. The van der Waals surface area contributed by atoms with E-state index in [0.717, 1.165) is 64.2 Å². The molecular weight excluding hydrogens is 877 g/mol. The van der Waals surface area contributed by atoms with E-state index in [-0.39, 0.29) is 46.6 Å². The molecule has 6 nitrogen and oxygen atoms in total. The van der Waals surface area contributed by atoms with Crippen LogP contribution in [0.4, 0.5) is 0 Å². The molecule has 22 atom stereocenters. The van der Waals surface area contributed by atoms with Crippen molar-refractivity contribution in [1.29, 1.82) is 0 Å². The second-order valence-corrected chi connectivity index (χ2v) is 26.9. The third-order valence-electron chi connectivity index (χ3n) is 24.2. The molecule has 0 aliphatic heterocycles. The Kier molecular flexibility index (Phi) is 16.0. The number of carbonyl (C=O) groups excluding carboxylic acids is 1. The molecule has 2 aromatic carbocycles. The van der Waals surface area contributed by atoms with Gasteiger partial charge in [0.15, 0.2) is 0 Å². The molecule has 10 rings (SSSR count). The largest absolute Gasteiger partial charge is 0.469 e. The van der Waals surface area contributed by atoms with Gasteiger partial charge in [0.25, 0.3) is 0 Å². The van der Waals surface area contributed by atoms with E-state index in [0.29, 0.717) is 94.7 Å². The normalized spacial score (nSPS) is 45.2.